The zero-order chi connectivity index (χ0) is 78.4. The first-order valence-corrected chi connectivity index (χ1v) is 44.3. The number of hydrogen-bond acceptors (Lipinski definition) is 10. The zero-order valence-corrected chi connectivity index (χ0v) is 67.8. The van der Waals surface area contributed by atoms with Gasteiger partial charge in [-0.3, -0.25) is 0 Å². The molecule has 8 heterocycles. The normalized spacial score (nSPS) is 13.1. The van der Waals surface area contributed by atoms with E-state index in [-0.39, 0.29) is 13.4 Å². The molecule has 0 radical (unpaired) electrons. The lowest BCUT2D eigenvalue weighted by molar-refractivity contribution is 1.22. The Morgan fingerprint density at radius 2 is 0.500 bits per heavy atom. The first kappa shape index (κ1) is 67.9. The molecule has 0 amide bonds. The highest BCUT2D eigenvalue weighted by atomic mass is 32.1. The number of fused-ring (bicyclic) bond motifs is 20. The van der Waals surface area contributed by atoms with E-state index >= 15 is 0 Å². The molecule has 0 aliphatic carbocycles. The van der Waals surface area contributed by atoms with Crippen molar-refractivity contribution in [1.29, 1.82) is 0 Å². The standard InChI is InChI=1S/C108H66B2N6S4/c1-5-31-67(32-6-1)73-39-13-20-46-82(73)113-83-47-21-18-44-78(83)109-80-65-81-89(66-90(80)116(88-52-30-60-102-106(88)77-43-17-26-56-98(77)120-102)94-64-72(63-91(113)107(94)109)112(70-37-11-4-12-38-70)85-49-27-57-99-103(85)74-40-14-23-53-95(74)117-99)115(87-51-29-59-101-105(87)76-42-16-25-55-97(76)119-101)93-62-71(111(68-33-7-2-8-34-68)69-35-9-3-10-36-69)61-92-108(93)110(81)79-45-19-22-48-84(79)114(92)86-50-28-58-100-104(86)75-41-15-24-54-96(75)118-100/h1-66H. The summed E-state index contributed by atoms with van der Waals surface area (Å²) in [5.74, 6) is 0. The molecule has 0 saturated carbocycles. The first-order valence-electron chi connectivity index (χ1n) is 41.0. The van der Waals surface area contributed by atoms with E-state index in [4.69, 9.17) is 0 Å². The molecule has 12 heteroatoms. The minimum Gasteiger partial charge on any atom is -0.311 e. The summed E-state index contributed by atoms with van der Waals surface area (Å²) < 4.78 is 9.98. The smallest absolute Gasteiger partial charge is 0.252 e. The van der Waals surface area contributed by atoms with Crippen molar-refractivity contribution >= 4 is 275 Å². The second-order valence-electron chi connectivity index (χ2n) is 31.6. The third kappa shape index (κ3) is 10.0. The summed E-state index contributed by atoms with van der Waals surface area (Å²) >= 11 is 7.50. The Labute approximate surface area is 709 Å². The van der Waals surface area contributed by atoms with Crippen LogP contribution in [0.15, 0.2) is 400 Å². The Kier molecular flexibility index (Phi) is 15.1. The molecule has 4 aromatic heterocycles. The maximum absolute atomic E-state index is 2.74. The van der Waals surface area contributed by atoms with Gasteiger partial charge in [-0.15, -0.1) is 45.3 Å². The number of para-hydroxylation sites is 6. The summed E-state index contributed by atoms with van der Waals surface area (Å²) in [5.41, 5.74) is 29.6. The van der Waals surface area contributed by atoms with E-state index in [1.807, 2.05) is 45.3 Å². The fraction of sp³-hybridized carbons (Fsp3) is 0. The molecular weight excluding hydrogens is 1530 g/mol. The Balaban J connectivity index is 0.834. The van der Waals surface area contributed by atoms with Gasteiger partial charge >= 0.3 is 0 Å². The Morgan fingerprint density at radius 1 is 0.192 bits per heavy atom. The Morgan fingerprint density at radius 3 is 0.942 bits per heavy atom. The molecule has 0 unspecified atom stereocenters. The summed E-state index contributed by atoms with van der Waals surface area (Å²) in [4.78, 5) is 15.8. The topological polar surface area (TPSA) is 19.4 Å². The quantitative estimate of drug-likeness (QED) is 0.119. The summed E-state index contributed by atoms with van der Waals surface area (Å²) in [5, 5.41) is 9.87. The van der Waals surface area contributed by atoms with Crippen molar-refractivity contribution in [3.8, 4) is 11.1 Å². The molecule has 4 aliphatic rings. The van der Waals surface area contributed by atoms with Gasteiger partial charge in [0.05, 0.1) is 39.8 Å². The third-order valence-electron chi connectivity index (χ3n) is 25.3. The van der Waals surface area contributed by atoms with Crippen molar-refractivity contribution in [3.63, 3.8) is 0 Å². The molecule has 0 bridgehead atoms. The van der Waals surface area contributed by atoms with Crippen molar-refractivity contribution in [2.45, 2.75) is 0 Å². The van der Waals surface area contributed by atoms with Crippen LogP contribution in [0.2, 0.25) is 0 Å². The molecule has 0 fully saturated rings. The minimum atomic E-state index is -0.296. The highest BCUT2D eigenvalue weighted by molar-refractivity contribution is 7.27. The molecule has 18 aromatic carbocycles. The van der Waals surface area contributed by atoms with Gasteiger partial charge in [0.2, 0.25) is 0 Å². The van der Waals surface area contributed by atoms with E-state index in [9.17, 15) is 0 Å². The molecule has 6 nitrogen and oxygen atoms in total. The number of anilines is 18. The van der Waals surface area contributed by atoms with Crippen LogP contribution < -0.4 is 62.2 Å². The predicted octanol–water partition coefficient (Wildman–Crippen LogP) is 27.9. The fourth-order valence-electron chi connectivity index (χ4n) is 20.6. The van der Waals surface area contributed by atoms with Crippen LogP contribution in [0.3, 0.4) is 0 Å². The van der Waals surface area contributed by atoms with E-state index in [1.165, 1.54) is 113 Å². The lowest BCUT2D eigenvalue weighted by Gasteiger charge is -2.48. The first-order chi connectivity index (χ1) is 59.6. The van der Waals surface area contributed by atoms with Gasteiger partial charge in [-0.05, 0) is 196 Å². The van der Waals surface area contributed by atoms with E-state index in [0.29, 0.717) is 0 Å². The van der Waals surface area contributed by atoms with E-state index in [1.54, 1.807) is 0 Å². The van der Waals surface area contributed by atoms with Crippen molar-refractivity contribution in [2.24, 2.45) is 0 Å². The van der Waals surface area contributed by atoms with Crippen molar-refractivity contribution in [1.82, 2.24) is 0 Å². The van der Waals surface area contributed by atoms with Crippen molar-refractivity contribution in [3.05, 3.63) is 400 Å². The van der Waals surface area contributed by atoms with Crippen LogP contribution in [0.4, 0.5) is 102 Å². The van der Waals surface area contributed by atoms with Crippen molar-refractivity contribution < 1.29 is 0 Å². The van der Waals surface area contributed by atoms with Crippen LogP contribution in [0.5, 0.6) is 0 Å². The number of thiophene rings is 4. The number of rotatable bonds is 11. The molecule has 4 aliphatic heterocycles. The largest absolute Gasteiger partial charge is 0.311 e. The summed E-state index contributed by atoms with van der Waals surface area (Å²) in [6.07, 6.45) is 0. The molecule has 0 saturated heterocycles. The van der Waals surface area contributed by atoms with Gasteiger partial charge in [-0.25, -0.2) is 0 Å². The Bertz CT molecular complexity index is 7980. The second kappa shape index (κ2) is 26.6. The summed E-state index contributed by atoms with van der Waals surface area (Å²) in [7, 11) is 0. The third-order valence-corrected chi connectivity index (χ3v) is 29.9. The zero-order valence-electron chi connectivity index (χ0n) is 64.6. The molecule has 0 N–H and O–H groups in total. The number of benzene rings is 18. The molecule has 22 aromatic rings. The van der Waals surface area contributed by atoms with Crippen LogP contribution in [0, 0.1) is 0 Å². The van der Waals surface area contributed by atoms with Gasteiger partial charge in [-0.1, -0.05) is 243 Å². The predicted molar refractivity (Wildman–Crippen MR) is 521 cm³/mol. The van der Waals surface area contributed by atoms with Crippen LogP contribution in [-0.4, -0.2) is 13.4 Å². The maximum Gasteiger partial charge on any atom is 0.252 e. The summed E-state index contributed by atoms with van der Waals surface area (Å²) in [6.45, 7) is -0.577. The molecule has 558 valence electrons. The number of hydrogen-bond donors (Lipinski definition) is 0. The van der Waals surface area contributed by atoms with Crippen LogP contribution in [0.1, 0.15) is 0 Å². The van der Waals surface area contributed by atoms with Gasteiger partial charge in [0, 0.05) is 149 Å². The molecule has 26 rings (SSSR count). The molecule has 0 spiro atoms. The Hall–Kier alpha value is -14.2. The maximum atomic E-state index is 2.74. The SMILES string of the molecule is c1ccc(-c2ccccc2N2c3ccccc3B3c4cc5c(cc4N(c4cccc6sc7ccccc7c46)c4cc(N(c6ccccc6)c6cccc7sc8ccccc8c67)cc2c43)N(c2cccc3sc4ccccc4c23)c2cc(N(c3ccccc3)c3ccccc3)cc3c2B5c2ccccc2N3c2cccc3sc4ccccc4c23)cc1. The van der Waals surface area contributed by atoms with Crippen LogP contribution >= 0.6 is 45.3 Å². The van der Waals surface area contributed by atoms with Gasteiger partial charge < -0.3 is 29.4 Å². The second-order valence-corrected chi connectivity index (χ2v) is 36.0. The van der Waals surface area contributed by atoms with Crippen LogP contribution in [0.25, 0.3) is 91.8 Å². The fourth-order valence-corrected chi connectivity index (χ4v) is 25.1. The highest BCUT2D eigenvalue weighted by Gasteiger charge is 2.50. The van der Waals surface area contributed by atoms with Crippen molar-refractivity contribution in [2.75, 3.05) is 29.4 Å². The minimum absolute atomic E-state index is 0.281. The van der Waals surface area contributed by atoms with Crippen LogP contribution in [-0.2, 0) is 0 Å². The highest BCUT2D eigenvalue weighted by Crippen LogP contribution is 2.58. The van der Waals surface area contributed by atoms with Gasteiger partial charge in [0.15, 0.2) is 0 Å². The molecule has 0 atom stereocenters. The molecular formula is C108H66B2N6S4. The molecule has 120 heavy (non-hydrogen) atoms. The lowest BCUT2D eigenvalue weighted by atomic mass is 9.30. The van der Waals surface area contributed by atoms with E-state index in [0.717, 1.165) is 113 Å². The summed E-state index contributed by atoms with van der Waals surface area (Å²) in [6, 6.07) is 152. The van der Waals surface area contributed by atoms with E-state index < -0.39 is 0 Å². The number of nitrogens with zero attached hydrogens (tertiary/aromatic N) is 6. The van der Waals surface area contributed by atoms with E-state index in [2.05, 4.69) is 430 Å². The monoisotopic (exact) mass is 1600 g/mol. The van der Waals surface area contributed by atoms with Gasteiger partial charge in [-0.2, -0.15) is 0 Å². The lowest BCUT2D eigenvalue weighted by Crippen LogP contribution is -2.65. The average Bonchev–Trinajstić information content (AvgIpc) is 1.05. The van der Waals surface area contributed by atoms with Gasteiger partial charge in [0.1, 0.15) is 0 Å². The average molecular weight is 1600 g/mol. The van der Waals surface area contributed by atoms with Gasteiger partial charge in [0.25, 0.3) is 13.4 Å².